The Morgan fingerprint density at radius 1 is 1.21 bits per heavy atom. The number of piperidine rings is 1. The van der Waals surface area contributed by atoms with Gasteiger partial charge in [0.25, 0.3) is 5.56 Å². The van der Waals surface area contributed by atoms with Crippen LogP contribution < -0.4 is 15.8 Å². The first-order valence-electron chi connectivity index (χ1n) is 11.8. The van der Waals surface area contributed by atoms with E-state index in [1.54, 1.807) is 4.90 Å². The van der Waals surface area contributed by atoms with Gasteiger partial charge in [-0.3, -0.25) is 19.0 Å². The minimum Gasteiger partial charge on any atom is -0.356 e. The van der Waals surface area contributed by atoms with Crippen molar-refractivity contribution in [2.45, 2.75) is 39.3 Å². The van der Waals surface area contributed by atoms with Gasteiger partial charge in [-0.2, -0.15) is 4.98 Å². The number of carbonyl (C=O) groups is 2. The number of nitrogens with zero attached hydrogens (tertiary/aromatic N) is 5. The lowest BCUT2D eigenvalue weighted by Crippen LogP contribution is -2.43. The van der Waals surface area contributed by atoms with Gasteiger partial charge in [-0.05, 0) is 37.3 Å². The summed E-state index contributed by atoms with van der Waals surface area (Å²) in [5, 5.41) is 3.60. The second-order valence-corrected chi connectivity index (χ2v) is 9.82. The van der Waals surface area contributed by atoms with Crippen molar-refractivity contribution in [1.82, 2.24) is 24.8 Å². The van der Waals surface area contributed by atoms with Crippen LogP contribution in [0.15, 0.2) is 35.4 Å². The van der Waals surface area contributed by atoms with Gasteiger partial charge in [0.2, 0.25) is 11.8 Å². The van der Waals surface area contributed by atoms with Crippen molar-refractivity contribution in [3.05, 3.63) is 52.1 Å². The van der Waals surface area contributed by atoms with Gasteiger partial charge >= 0.3 is 0 Å². The fourth-order valence-corrected chi connectivity index (χ4v) is 5.72. The Balaban J connectivity index is 1.32. The van der Waals surface area contributed by atoms with Crippen LogP contribution >= 0.6 is 11.3 Å². The highest BCUT2D eigenvalue weighted by atomic mass is 32.1. The molecule has 9 nitrogen and oxygen atoms in total. The minimum absolute atomic E-state index is 0.0415. The molecule has 0 bridgehead atoms. The molecule has 1 fully saturated rings. The first-order chi connectivity index (χ1) is 16.5. The maximum absolute atomic E-state index is 13.1. The standard InChI is InChI=1S/C24H28N6O3S/c1-2-25-22(32)18-8-5-10-29(13-18)24-27-21-20(34-24)23(33)30(15-26-21)14-19(31)28-11-9-16-6-3-4-7-17(16)12-28/h3-4,6-7,15,18H,2,5,8-14H2,1H3,(H,25,32)/t18-/m1/s1. The van der Waals surface area contributed by atoms with Crippen molar-refractivity contribution in [3.8, 4) is 0 Å². The normalized spacial score (nSPS) is 18.1. The van der Waals surface area contributed by atoms with E-state index >= 15 is 0 Å². The molecule has 4 heterocycles. The Kier molecular flexibility index (Phi) is 6.32. The number of benzene rings is 1. The molecule has 2 aliphatic heterocycles. The zero-order valence-corrected chi connectivity index (χ0v) is 20.0. The van der Waals surface area contributed by atoms with Gasteiger partial charge in [-0.15, -0.1) is 0 Å². The maximum atomic E-state index is 13.1. The van der Waals surface area contributed by atoms with Gasteiger partial charge in [0.05, 0.1) is 5.92 Å². The maximum Gasteiger partial charge on any atom is 0.273 e. The second-order valence-electron chi connectivity index (χ2n) is 8.84. The summed E-state index contributed by atoms with van der Waals surface area (Å²) in [6.45, 7) is 5.06. The van der Waals surface area contributed by atoms with Crippen LogP contribution in [0, 0.1) is 5.92 Å². The SMILES string of the molecule is CCNC(=O)[C@@H]1CCCN(c2nc3ncn(CC(=O)N4CCc5ccccc5C4)c(=O)c3s2)C1. The summed E-state index contributed by atoms with van der Waals surface area (Å²) in [4.78, 5) is 51.2. The largest absolute Gasteiger partial charge is 0.356 e. The Labute approximate surface area is 201 Å². The van der Waals surface area contributed by atoms with Crippen LogP contribution in [0.1, 0.15) is 30.9 Å². The van der Waals surface area contributed by atoms with Crippen LogP contribution in [-0.4, -0.2) is 57.4 Å². The van der Waals surface area contributed by atoms with Crippen molar-refractivity contribution in [2.75, 3.05) is 31.1 Å². The number of carbonyl (C=O) groups excluding carboxylic acids is 2. The number of anilines is 1. The smallest absolute Gasteiger partial charge is 0.273 e. The average molecular weight is 481 g/mol. The van der Waals surface area contributed by atoms with Crippen molar-refractivity contribution < 1.29 is 9.59 Å². The Hall–Kier alpha value is -3.27. The molecule has 0 saturated carbocycles. The molecule has 2 aliphatic rings. The highest BCUT2D eigenvalue weighted by Gasteiger charge is 2.28. The number of hydrogen-bond acceptors (Lipinski definition) is 7. The summed E-state index contributed by atoms with van der Waals surface area (Å²) >= 11 is 1.29. The highest BCUT2D eigenvalue weighted by Crippen LogP contribution is 2.29. The van der Waals surface area contributed by atoms with Gasteiger partial charge in [0.15, 0.2) is 10.8 Å². The third-order valence-electron chi connectivity index (χ3n) is 6.58. The van der Waals surface area contributed by atoms with Crippen LogP contribution in [0.5, 0.6) is 0 Å². The monoisotopic (exact) mass is 480 g/mol. The van der Waals surface area contributed by atoms with E-state index in [0.29, 0.717) is 41.7 Å². The third-order valence-corrected chi connectivity index (χ3v) is 7.67. The molecule has 34 heavy (non-hydrogen) atoms. The van der Waals surface area contributed by atoms with Gasteiger partial charge in [0, 0.05) is 32.7 Å². The third kappa shape index (κ3) is 4.42. The summed E-state index contributed by atoms with van der Waals surface area (Å²) < 4.78 is 1.82. The van der Waals surface area contributed by atoms with Crippen molar-refractivity contribution in [3.63, 3.8) is 0 Å². The van der Waals surface area contributed by atoms with Crippen molar-refractivity contribution >= 4 is 38.6 Å². The molecule has 0 aliphatic carbocycles. The van der Waals surface area contributed by atoms with E-state index in [-0.39, 0.29) is 29.8 Å². The molecule has 0 spiro atoms. The molecule has 2 aromatic heterocycles. The molecular formula is C24H28N6O3S. The van der Waals surface area contributed by atoms with Crippen LogP contribution in [0.25, 0.3) is 10.3 Å². The fraction of sp³-hybridized carbons (Fsp3) is 0.458. The summed E-state index contributed by atoms with van der Waals surface area (Å²) in [6.07, 6.45) is 3.97. The lowest BCUT2D eigenvalue weighted by atomic mass is 9.97. The summed E-state index contributed by atoms with van der Waals surface area (Å²) in [7, 11) is 0. The lowest BCUT2D eigenvalue weighted by Gasteiger charge is -2.31. The molecule has 1 saturated heterocycles. The van der Waals surface area contributed by atoms with Gasteiger partial charge in [0.1, 0.15) is 17.6 Å². The molecule has 178 valence electrons. The predicted molar refractivity (Wildman–Crippen MR) is 131 cm³/mol. The number of nitrogens with one attached hydrogen (secondary N) is 1. The first-order valence-corrected chi connectivity index (χ1v) is 12.6. The average Bonchev–Trinajstić information content (AvgIpc) is 3.31. The topological polar surface area (TPSA) is 100 Å². The van der Waals surface area contributed by atoms with Gasteiger partial charge < -0.3 is 15.1 Å². The summed E-state index contributed by atoms with van der Waals surface area (Å²) in [6, 6.07) is 8.15. The van der Waals surface area contributed by atoms with E-state index < -0.39 is 0 Å². The van der Waals surface area contributed by atoms with E-state index in [1.165, 1.54) is 27.8 Å². The number of rotatable bonds is 5. The molecule has 0 radical (unpaired) electrons. The van der Waals surface area contributed by atoms with Crippen LogP contribution in [0.4, 0.5) is 5.13 Å². The Morgan fingerprint density at radius 3 is 2.85 bits per heavy atom. The Morgan fingerprint density at radius 2 is 2.03 bits per heavy atom. The highest BCUT2D eigenvalue weighted by molar-refractivity contribution is 7.22. The number of thiazole rings is 1. The van der Waals surface area contributed by atoms with Crippen LogP contribution in [0.3, 0.4) is 0 Å². The molecule has 1 N–H and O–H groups in total. The number of hydrogen-bond donors (Lipinski definition) is 1. The van der Waals surface area contributed by atoms with E-state index in [2.05, 4.69) is 26.3 Å². The molecule has 0 unspecified atom stereocenters. The van der Waals surface area contributed by atoms with Gasteiger partial charge in [-0.25, -0.2) is 4.98 Å². The fourth-order valence-electron chi connectivity index (χ4n) is 4.72. The first kappa shape index (κ1) is 22.5. The van der Waals surface area contributed by atoms with Crippen molar-refractivity contribution in [1.29, 1.82) is 0 Å². The molecule has 10 heteroatoms. The quantitative estimate of drug-likeness (QED) is 0.598. The minimum atomic E-state index is -0.253. The molecule has 5 rings (SSSR count). The summed E-state index contributed by atoms with van der Waals surface area (Å²) in [5.74, 6) is -0.117. The molecule has 1 atom stereocenters. The van der Waals surface area contributed by atoms with Crippen LogP contribution in [0.2, 0.25) is 0 Å². The van der Waals surface area contributed by atoms with Crippen LogP contribution in [-0.2, 0) is 29.1 Å². The second kappa shape index (κ2) is 9.54. The zero-order valence-electron chi connectivity index (χ0n) is 19.2. The predicted octanol–water partition coefficient (Wildman–Crippen LogP) is 1.79. The molecular weight excluding hydrogens is 452 g/mol. The molecule has 1 aromatic carbocycles. The van der Waals surface area contributed by atoms with E-state index in [1.807, 2.05) is 25.1 Å². The van der Waals surface area contributed by atoms with E-state index in [4.69, 9.17) is 0 Å². The molecule has 3 aromatic rings. The van der Waals surface area contributed by atoms with Crippen molar-refractivity contribution in [2.24, 2.45) is 5.92 Å². The number of fused-ring (bicyclic) bond motifs is 2. The van der Waals surface area contributed by atoms with Gasteiger partial charge in [-0.1, -0.05) is 35.6 Å². The number of aromatic nitrogens is 3. The number of amides is 2. The molecule has 2 amide bonds. The Bertz CT molecular complexity index is 1290. The zero-order chi connectivity index (χ0) is 23.7. The van der Waals surface area contributed by atoms with E-state index in [0.717, 1.165) is 31.4 Å². The summed E-state index contributed by atoms with van der Waals surface area (Å²) in [5.41, 5.74) is 2.57. The lowest BCUT2D eigenvalue weighted by molar-refractivity contribution is -0.132. The van der Waals surface area contributed by atoms with E-state index in [9.17, 15) is 14.4 Å².